The first kappa shape index (κ1) is 12.3. The minimum Gasteiger partial charge on any atom is -0.299 e. The Hall–Kier alpha value is -1.18. The highest BCUT2D eigenvalue weighted by Crippen LogP contribution is 2.68. The van der Waals surface area contributed by atoms with Gasteiger partial charge < -0.3 is 0 Å². The molecule has 1 aromatic carbocycles. The van der Waals surface area contributed by atoms with E-state index >= 15 is 0 Å². The predicted molar refractivity (Wildman–Crippen MR) is 66.2 cm³/mol. The quantitative estimate of drug-likeness (QED) is 0.780. The zero-order valence-corrected chi connectivity index (χ0v) is 10.9. The Morgan fingerprint density at radius 1 is 1.12 bits per heavy atom. The molecule has 0 spiro atoms. The molecule has 1 aromatic rings. The van der Waals surface area contributed by atoms with Crippen LogP contribution in [0.25, 0.3) is 0 Å². The number of carbonyl (C=O) groups is 1. The summed E-state index contributed by atoms with van der Waals surface area (Å²) in [6.45, 7) is 8.56. The Balaban J connectivity index is 2.07. The molecule has 0 heterocycles. The maximum Gasteiger partial charge on any atom is 0.141 e. The second-order valence-corrected chi connectivity index (χ2v) is 6.15. The Bertz CT molecular complexity index is 428. The molecular formula is C15H19FO. The fourth-order valence-corrected chi connectivity index (χ4v) is 2.91. The van der Waals surface area contributed by atoms with Crippen LogP contribution in [0.15, 0.2) is 24.3 Å². The SMILES string of the molecule is CC1(C)C(C(=O)Cc2ccc(F)cc2)C1(C)C. The highest BCUT2D eigenvalue weighted by atomic mass is 19.1. The third-order valence-electron chi connectivity index (χ3n) is 4.63. The van der Waals surface area contributed by atoms with Gasteiger partial charge in [0.2, 0.25) is 0 Å². The molecule has 0 N–H and O–H groups in total. The molecule has 0 bridgehead atoms. The number of Topliss-reactive ketones (excluding diaryl/α,β-unsaturated/α-hetero) is 1. The molecule has 0 aromatic heterocycles. The van der Waals surface area contributed by atoms with Gasteiger partial charge in [-0.3, -0.25) is 4.79 Å². The van der Waals surface area contributed by atoms with E-state index in [2.05, 4.69) is 27.7 Å². The molecule has 2 heteroatoms. The van der Waals surface area contributed by atoms with E-state index in [1.807, 2.05) is 0 Å². The van der Waals surface area contributed by atoms with Gasteiger partial charge in [-0.25, -0.2) is 4.39 Å². The zero-order chi connectivity index (χ0) is 12.8. The summed E-state index contributed by atoms with van der Waals surface area (Å²) >= 11 is 0. The second-order valence-electron chi connectivity index (χ2n) is 6.15. The van der Waals surface area contributed by atoms with Crippen LogP contribution in [-0.4, -0.2) is 5.78 Å². The first-order valence-corrected chi connectivity index (χ1v) is 6.04. The number of hydrogen-bond acceptors (Lipinski definition) is 1. The summed E-state index contributed by atoms with van der Waals surface area (Å²) in [7, 11) is 0. The van der Waals surface area contributed by atoms with Crippen LogP contribution < -0.4 is 0 Å². The smallest absolute Gasteiger partial charge is 0.141 e. The van der Waals surface area contributed by atoms with Crippen molar-refractivity contribution < 1.29 is 9.18 Å². The van der Waals surface area contributed by atoms with Crippen molar-refractivity contribution in [1.29, 1.82) is 0 Å². The van der Waals surface area contributed by atoms with E-state index in [1.54, 1.807) is 12.1 Å². The third-order valence-corrected chi connectivity index (χ3v) is 4.63. The van der Waals surface area contributed by atoms with Gasteiger partial charge in [-0.1, -0.05) is 39.8 Å². The van der Waals surface area contributed by atoms with E-state index in [-0.39, 0.29) is 28.3 Å². The molecule has 0 saturated heterocycles. The van der Waals surface area contributed by atoms with Crippen LogP contribution in [0, 0.1) is 22.6 Å². The topological polar surface area (TPSA) is 17.1 Å². The number of rotatable bonds is 3. The van der Waals surface area contributed by atoms with Gasteiger partial charge in [0.1, 0.15) is 11.6 Å². The molecule has 1 aliphatic carbocycles. The van der Waals surface area contributed by atoms with Crippen LogP contribution in [0.5, 0.6) is 0 Å². The molecular weight excluding hydrogens is 215 g/mol. The summed E-state index contributed by atoms with van der Waals surface area (Å²) in [6, 6.07) is 6.20. The largest absolute Gasteiger partial charge is 0.299 e. The van der Waals surface area contributed by atoms with Crippen molar-refractivity contribution in [2.45, 2.75) is 34.1 Å². The van der Waals surface area contributed by atoms with Crippen molar-refractivity contribution in [2.75, 3.05) is 0 Å². The first-order valence-electron chi connectivity index (χ1n) is 6.04. The van der Waals surface area contributed by atoms with Crippen LogP contribution in [0.3, 0.4) is 0 Å². The monoisotopic (exact) mass is 234 g/mol. The Morgan fingerprint density at radius 2 is 1.59 bits per heavy atom. The second kappa shape index (κ2) is 3.66. The van der Waals surface area contributed by atoms with E-state index < -0.39 is 0 Å². The molecule has 2 rings (SSSR count). The molecule has 1 fully saturated rings. The van der Waals surface area contributed by atoms with E-state index in [1.165, 1.54) is 12.1 Å². The van der Waals surface area contributed by atoms with Crippen molar-refractivity contribution in [3.63, 3.8) is 0 Å². The lowest BCUT2D eigenvalue weighted by molar-refractivity contribution is -0.120. The lowest BCUT2D eigenvalue weighted by atomic mass is 10.0. The number of hydrogen-bond donors (Lipinski definition) is 0. The molecule has 1 nitrogen and oxygen atoms in total. The molecule has 0 aliphatic heterocycles. The minimum atomic E-state index is -0.256. The maximum absolute atomic E-state index is 12.8. The number of ketones is 1. The van der Waals surface area contributed by atoms with Gasteiger partial charge in [0, 0.05) is 12.3 Å². The van der Waals surface area contributed by atoms with Gasteiger partial charge in [0.15, 0.2) is 0 Å². The lowest BCUT2D eigenvalue weighted by Gasteiger charge is -2.03. The Kier molecular flexibility index (Phi) is 2.64. The molecule has 17 heavy (non-hydrogen) atoms. The van der Waals surface area contributed by atoms with Crippen molar-refractivity contribution in [3.05, 3.63) is 35.6 Å². The number of carbonyl (C=O) groups excluding carboxylic acids is 1. The summed E-state index contributed by atoms with van der Waals surface area (Å²) in [4.78, 5) is 12.2. The van der Waals surface area contributed by atoms with Crippen LogP contribution in [0.4, 0.5) is 4.39 Å². The van der Waals surface area contributed by atoms with Crippen LogP contribution in [0.1, 0.15) is 33.3 Å². The van der Waals surface area contributed by atoms with Crippen molar-refractivity contribution in [1.82, 2.24) is 0 Å². The third kappa shape index (κ3) is 1.90. The number of halogens is 1. The summed E-state index contributed by atoms with van der Waals surface area (Å²) in [5.74, 6) is 0.139. The molecule has 0 atom stereocenters. The van der Waals surface area contributed by atoms with E-state index in [0.29, 0.717) is 6.42 Å². The van der Waals surface area contributed by atoms with Crippen molar-refractivity contribution >= 4 is 5.78 Å². The number of benzene rings is 1. The molecule has 0 unspecified atom stereocenters. The summed E-state index contributed by atoms with van der Waals surface area (Å²) in [5, 5.41) is 0. The fourth-order valence-electron chi connectivity index (χ4n) is 2.91. The zero-order valence-electron chi connectivity index (χ0n) is 10.9. The average molecular weight is 234 g/mol. The van der Waals surface area contributed by atoms with Gasteiger partial charge in [-0.15, -0.1) is 0 Å². The van der Waals surface area contributed by atoms with E-state index in [9.17, 15) is 9.18 Å². The van der Waals surface area contributed by atoms with E-state index in [4.69, 9.17) is 0 Å². The average Bonchev–Trinajstić information content (AvgIpc) is 2.61. The summed E-state index contributed by atoms with van der Waals surface area (Å²) < 4.78 is 12.8. The molecule has 92 valence electrons. The van der Waals surface area contributed by atoms with Crippen LogP contribution in [0.2, 0.25) is 0 Å². The van der Waals surface area contributed by atoms with Crippen LogP contribution in [-0.2, 0) is 11.2 Å². The van der Waals surface area contributed by atoms with Gasteiger partial charge in [0.05, 0.1) is 0 Å². The molecule has 0 amide bonds. The molecule has 1 saturated carbocycles. The molecule has 1 aliphatic rings. The first-order chi connectivity index (χ1) is 7.76. The summed E-state index contributed by atoms with van der Waals surface area (Å²) in [6.07, 6.45) is 0.414. The van der Waals surface area contributed by atoms with Crippen molar-refractivity contribution in [2.24, 2.45) is 16.7 Å². The van der Waals surface area contributed by atoms with Crippen LogP contribution >= 0.6 is 0 Å². The van der Waals surface area contributed by atoms with Gasteiger partial charge in [0.25, 0.3) is 0 Å². The Labute approximate surface area is 102 Å². The maximum atomic E-state index is 12.8. The van der Waals surface area contributed by atoms with Gasteiger partial charge >= 0.3 is 0 Å². The fraction of sp³-hybridized carbons (Fsp3) is 0.533. The lowest BCUT2D eigenvalue weighted by Crippen LogP contribution is -2.10. The van der Waals surface area contributed by atoms with Crippen molar-refractivity contribution in [3.8, 4) is 0 Å². The standard InChI is InChI=1S/C15H19FO/c1-14(2)13(15(14,3)4)12(17)9-10-5-7-11(16)8-6-10/h5-8,13H,9H2,1-4H3. The van der Waals surface area contributed by atoms with E-state index in [0.717, 1.165) is 5.56 Å². The Morgan fingerprint density at radius 3 is 2.00 bits per heavy atom. The predicted octanol–water partition coefficient (Wildman–Crippen LogP) is 3.62. The minimum absolute atomic E-state index is 0.0874. The molecule has 0 radical (unpaired) electrons. The highest BCUT2D eigenvalue weighted by Gasteiger charge is 2.67. The normalized spacial score (nSPS) is 21.2. The highest BCUT2D eigenvalue weighted by molar-refractivity contribution is 5.88. The van der Waals surface area contributed by atoms with Gasteiger partial charge in [-0.05, 0) is 28.5 Å². The summed E-state index contributed by atoms with van der Waals surface area (Å²) in [5.41, 5.74) is 1.07. The van der Waals surface area contributed by atoms with Gasteiger partial charge in [-0.2, -0.15) is 0 Å².